The zero-order valence-corrected chi connectivity index (χ0v) is 18.1. The van der Waals surface area contributed by atoms with Gasteiger partial charge in [-0.15, -0.1) is 0 Å². The van der Waals surface area contributed by atoms with Crippen LogP contribution in [0.15, 0.2) is 60.8 Å². The number of allylic oxidation sites excluding steroid dienone is 10. The second-order valence-electron chi connectivity index (χ2n) is 6.97. The maximum atomic E-state index is 11.5. The Bertz CT molecular complexity index is 518. The standard InChI is InChI=1S/C25H41NO3/c1-2-3-4-5-6-7-8-9-10-11-12-13-14-15-16-17-18-19-20-21-25(29)26-22-24(28)23-27/h6-7,9-10,12-13,15-16,18-19,24,27-28H,2-5,8,11,14,17,20-23H2,1H3,(H,26,29). The van der Waals surface area contributed by atoms with Crippen molar-refractivity contribution in [3.05, 3.63) is 60.8 Å². The molecule has 0 heterocycles. The van der Waals surface area contributed by atoms with Crippen molar-refractivity contribution < 1.29 is 15.0 Å². The summed E-state index contributed by atoms with van der Waals surface area (Å²) in [6.45, 7) is 1.99. The fourth-order valence-electron chi connectivity index (χ4n) is 2.43. The number of aliphatic hydroxyl groups is 2. The Morgan fingerprint density at radius 1 is 0.793 bits per heavy atom. The third-order valence-corrected chi connectivity index (χ3v) is 4.18. The fraction of sp³-hybridized carbons (Fsp3) is 0.560. The summed E-state index contributed by atoms with van der Waals surface area (Å²) < 4.78 is 0. The molecule has 0 aromatic heterocycles. The van der Waals surface area contributed by atoms with Crippen LogP contribution in [-0.2, 0) is 4.79 Å². The Morgan fingerprint density at radius 2 is 1.28 bits per heavy atom. The minimum atomic E-state index is -0.882. The lowest BCUT2D eigenvalue weighted by atomic mass is 10.2. The highest BCUT2D eigenvalue weighted by Crippen LogP contribution is 2.01. The zero-order valence-electron chi connectivity index (χ0n) is 18.1. The van der Waals surface area contributed by atoms with E-state index in [9.17, 15) is 4.79 Å². The molecule has 0 aliphatic carbocycles. The molecule has 1 amide bonds. The van der Waals surface area contributed by atoms with Crippen molar-refractivity contribution >= 4 is 5.91 Å². The molecular formula is C25H41NO3. The molecule has 29 heavy (non-hydrogen) atoms. The van der Waals surface area contributed by atoms with Crippen LogP contribution in [0.25, 0.3) is 0 Å². The van der Waals surface area contributed by atoms with Crippen molar-refractivity contribution in [3.63, 3.8) is 0 Å². The first kappa shape index (κ1) is 27.1. The minimum Gasteiger partial charge on any atom is -0.394 e. The van der Waals surface area contributed by atoms with E-state index in [4.69, 9.17) is 10.2 Å². The molecule has 0 spiro atoms. The van der Waals surface area contributed by atoms with Crippen molar-refractivity contribution in [2.24, 2.45) is 0 Å². The van der Waals surface area contributed by atoms with Gasteiger partial charge in [-0.1, -0.05) is 80.5 Å². The summed E-state index contributed by atoms with van der Waals surface area (Å²) in [4.78, 5) is 11.5. The summed E-state index contributed by atoms with van der Waals surface area (Å²) in [5.41, 5.74) is 0. The predicted molar refractivity (Wildman–Crippen MR) is 124 cm³/mol. The van der Waals surface area contributed by atoms with E-state index >= 15 is 0 Å². The van der Waals surface area contributed by atoms with Crippen molar-refractivity contribution in [3.8, 4) is 0 Å². The van der Waals surface area contributed by atoms with Crippen molar-refractivity contribution in [2.45, 2.75) is 77.2 Å². The van der Waals surface area contributed by atoms with Crippen LogP contribution in [0.4, 0.5) is 0 Å². The number of nitrogens with one attached hydrogen (secondary N) is 1. The average molecular weight is 404 g/mol. The molecule has 1 atom stereocenters. The maximum Gasteiger partial charge on any atom is 0.220 e. The second kappa shape index (κ2) is 22.4. The molecule has 0 aliphatic rings. The fourth-order valence-corrected chi connectivity index (χ4v) is 2.43. The number of rotatable bonds is 18. The van der Waals surface area contributed by atoms with Crippen molar-refractivity contribution in [1.82, 2.24) is 5.32 Å². The summed E-state index contributed by atoms with van der Waals surface area (Å²) in [6, 6.07) is 0. The van der Waals surface area contributed by atoms with Gasteiger partial charge in [-0.3, -0.25) is 4.79 Å². The van der Waals surface area contributed by atoms with E-state index < -0.39 is 6.10 Å². The molecule has 0 aromatic carbocycles. The van der Waals surface area contributed by atoms with Crippen LogP contribution in [0.1, 0.15) is 71.1 Å². The van der Waals surface area contributed by atoms with Gasteiger partial charge in [0.25, 0.3) is 0 Å². The maximum absolute atomic E-state index is 11.5. The molecule has 0 aromatic rings. The number of hydrogen-bond donors (Lipinski definition) is 3. The monoisotopic (exact) mass is 403 g/mol. The Hall–Kier alpha value is -1.91. The van der Waals surface area contributed by atoms with Gasteiger partial charge in [0, 0.05) is 13.0 Å². The van der Waals surface area contributed by atoms with Gasteiger partial charge in [0.05, 0.1) is 12.7 Å². The van der Waals surface area contributed by atoms with Crippen LogP contribution in [-0.4, -0.2) is 35.4 Å². The second-order valence-corrected chi connectivity index (χ2v) is 6.97. The third kappa shape index (κ3) is 22.2. The molecule has 0 radical (unpaired) electrons. The van der Waals surface area contributed by atoms with Gasteiger partial charge < -0.3 is 15.5 Å². The van der Waals surface area contributed by atoms with Gasteiger partial charge in [0.2, 0.25) is 5.91 Å². The van der Waals surface area contributed by atoms with Gasteiger partial charge in [-0.2, -0.15) is 0 Å². The van der Waals surface area contributed by atoms with E-state index in [-0.39, 0.29) is 19.1 Å². The highest BCUT2D eigenvalue weighted by Gasteiger charge is 2.04. The van der Waals surface area contributed by atoms with E-state index in [2.05, 4.69) is 66.9 Å². The van der Waals surface area contributed by atoms with Crippen LogP contribution in [0.2, 0.25) is 0 Å². The van der Waals surface area contributed by atoms with Crippen LogP contribution in [0.3, 0.4) is 0 Å². The minimum absolute atomic E-state index is 0.0985. The average Bonchev–Trinajstić information content (AvgIpc) is 2.73. The van der Waals surface area contributed by atoms with E-state index in [0.717, 1.165) is 25.7 Å². The molecule has 4 nitrogen and oxygen atoms in total. The summed E-state index contributed by atoms with van der Waals surface area (Å²) in [5.74, 6) is -0.111. The number of unbranched alkanes of at least 4 members (excludes halogenated alkanes) is 3. The van der Waals surface area contributed by atoms with Crippen LogP contribution >= 0.6 is 0 Å². The zero-order chi connectivity index (χ0) is 21.4. The number of amides is 1. The Balaban J connectivity index is 3.55. The van der Waals surface area contributed by atoms with E-state index in [1.165, 1.54) is 25.7 Å². The summed E-state index contributed by atoms with van der Waals surface area (Å²) >= 11 is 0. The van der Waals surface area contributed by atoms with Gasteiger partial charge in [-0.05, 0) is 44.9 Å². The van der Waals surface area contributed by atoms with E-state index in [0.29, 0.717) is 12.8 Å². The topological polar surface area (TPSA) is 69.6 Å². The highest BCUT2D eigenvalue weighted by atomic mass is 16.3. The summed E-state index contributed by atoms with van der Waals surface area (Å²) in [6.07, 6.45) is 30.8. The van der Waals surface area contributed by atoms with Crippen LogP contribution < -0.4 is 5.32 Å². The smallest absolute Gasteiger partial charge is 0.220 e. The van der Waals surface area contributed by atoms with Crippen LogP contribution in [0, 0.1) is 0 Å². The SMILES string of the molecule is CCCCCC=CCC=CCC=CCC=CCC=CCCC(=O)NCC(O)CO. The van der Waals surface area contributed by atoms with Gasteiger partial charge in [-0.25, -0.2) is 0 Å². The molecule has 0 rings (SSSR count). The van der Waals surface area contributed by atoms with Gasteiger partial charge in [0.1, 0.15) is 0 Å². The number of carbonyl (C=O) groups is 1. The molecule has 4 heteroatoms. The molecule has 0 bridgehead atoms. The molecule has 3 N–H and O–H groups in total. The lowest BCUT2D eigenvalue weighted by Gasteiger charge is -2.07. The van der Waals surface area contributed by atoms with Crippen LogP contribution in [0.5, 0.6) is 0 Å². The Morgan fingerprint density at radius 3 is 1.76 bits per heavy atom. The van der Waals surface area contributed by atoms with E-state index in [1.54, 1.807) is 0 Å². The van der Waals surface area contributed by atoms with Crippen molar-refractivity contribution in [1.29, 1.82) is 0 Å². The summed E-state index contributed by atoms with van der Waals surface area (Å²) in [7, 11) is 0. The van der Waals surface area contributed by atoms with Crippen molar-refractivity contribution in [2.75, 3.05) is 13.2 Å². The molecule has 0 saturated carbocycles. The predicted octanol–water partition coefficient (Wildman–Crippen LogP) is 5.16. The highest BCUT2D eigenvalue weighted by molar-refractivity contribution is 5.75. The summed E-state index contributed by atoms with van der Waals surface area (Å²) in [5, 5.41) is 20.4. The first-order valence-electron chi connectivity index (χ1n) is 11.0. The normalized spacial score (nSPS) is 13.6. The molecule has 164 valence electrons. The largest absolute Gasteiger partial charge is 0.394 e. The number of carbonyl (C=O) groups excluding carboxylic acids is 1. The third-order valence-electron chi connectivity index (χ3n) is 4.18. The number of aliphatic hydroxyl groups excluding tert-OH is 2. The lowest BCUT2D eigenvalue weighted by Crippen LogP contribution is -2.33. The Labute approximate surface area is 177 Å². The van der Waals surface area contributed by atoms with E-state index in [1.807, 2.05) is 6.08 Å². The first-order chi connectivity index (χ1) is 14.2. The van der Waals surface area contributed by atoms with Gasteiger partial charge >= 0.3 is 0 Å². The molecule has 0 saturated heterocycles. The molecular weight excluding hydrogens is 362 g/mol. The molecule has 0 fully saturated rings. The number of hydrogen-bond acceptors (Lipinski definition) is 3. The Kier molecular flexibility index (Phi) is 20.9. The molecule has 0 aliphatic heterocycles. The molecule has 1 unspecified atom stereocenters. The lowest BCUT2D eigenvalue weighted by molar-refractivity contribution is -0.121. The quantitative estimate of drug-likeness (QED) is 0.219. The first-order valence-corrected chi connectivity index (χ1v) is 11.0. The van der Waals surface area contributed by atoms with Gasteiger partial charge in [0.15, 0.2) is 0 Å².